The molecule has 216 valence electrons. The zero-order chi connectivity index (χ0) is 29.9. The third-order valence-corrected chi connectivity index (χ3v) is 9.75. The highest BCUT2D eigenvalue weighted by molar-refractivity contribution is 9.11. The summed E-state index contributed by atoms with van der Waals surface area (Å²) in [6, 6.07) is 31.8. The second-order valence-corrected chi connectivity index (χ2v) is 13.3. The minimum Gasteiger partial charge on any atom is -0.489 e. The second-order valence-electron chi connectivity index (χ2n) is 9.91. The van der Waals surface area contributed by atoms with Crippen LogP contribution in [0.25, 0.3) is 21.9 Å². The lowest BCUT2D eigenvalue weighted by Crippen LogP contribution is -2.26. The maximum atomic E-state index is 9.29. The van der Waals surface area contributed by atoms with Crippen molar-refractivity contribution in [3.8, 4) is 22.6 Å². The van der Waals surface area contributed by atoms with Crippen molar-refractivity contribution >= 4 is 74.5 Å². The molecule has 0 unspecified atom stereocenters. The van der Waals surface area contributed by atoms with Gasteiger partial charge in [0.05, 0.1) is 31.1 Å². The molecule has 0 aliphatic heterocycles. The summed E-state index contributed by atoms with van der Waals surface area (Å²) in [7, 11) is 0. The molecule has 5 rings (SSSR count). The van der Waals surface area contributed by atoms with Crippen molar-refractivity contribution in [3.63, 3.8) is 0 Å². The van der Waals surface area contributed by atoms with Crippen LogP contribution in [0, 0.1) is 0 Å². The fourth-order valence-electron chi connectivity index (χ4n) is 5.23. The molecule has 0 saturated heterocycles. The first kappa shape index (κ1) is 31.2. The van der Waals surface area contributed by atoms with E-state index in [9.17, 15) is 10.2 Å². The van der Waals surface area contributed by atoms with E-state index in [1.165, 1.54) is 16.3 Å². The van der Waals surface area contributed by atoms with Gasteiger partial charge in [0.2, 0.25) is 0 Å². The summed E-state index contributed by atoms with van der Waals surface area (Å²) in [5.74, 6) is 1.27. The quantitative estimate of drug-likeness (QED) is 0.138. The van der Waals surface area contributed by atoms with Crippen LogP contribution in [0.15, 0.2) is 109 Å². The van der Waals surface area contributed by atoms with Crippen LogP contribution >= 0.6 is 63.7 Å². The molecule has 0 aliphatic rings. The lowest BCUT2D eigenvalue weighted by molar-refractivity contribution is 0.200. The highest BCUT2D eigenvalue weighted by Crippen LogP contribution is 2.47. The maximum absolute atomic E-state index is 9.29. The first-order valence-corrected chi connectivity index (χ1v) is 16.5. The van der Waals surface area contributed by atoms with E-state index >= 15 is 0 Å². The van der Waals surface area contributed by atoms with Gasteiger partial charge in [0.25, 0.3) is 0 Å². The van der Waals surface area contributed by atoms with Crippen molar-refractivity contribution in [3.05, 3.63) is 126 Å². The van der Waals surface area contributed by atoms with Gasteiger partial charge in [-0.05, 0) is 133 Å². The Morgan fingerprint density at radius 3 is 1.57 bits per heavy atom. The Bertz CT molecular complexity index is 1600. The number of ether oxygens (including phenoxy) is 2. The molecule has 0 heterocycles. The third kappa shape index (κ3) is 6.21. The van der Waals surface area contributed by atoms with Crippen LogP contribution in [0.1, 0.15) is 23.6 Å². The number of aliphatic hydroxyl groups is 2. The Balaban J connectivity index is 1.67. The van der Waals surface area contributed by atoms with Crippen molar-refractivity contribution in [1.29, 1.82) is 0 Å². The van der Waals surface area contributed by atoms with Gasteiger partial charge in [-0.3, -0.25) is 0 Å². The molecule has 0 atom stereocenters. The molecule has 0 radical (unpaired) electrons. The van der Waals surface area contributed by atoms with Crippen LogP contribution in [0.2, 0.25) is 0 Å². The number of rotatable bonds is 10. The van der Waals surface area contributed by atoms with Crippen molar-refractivity contribution in [2.24, 2.45) is 0 Å². The largest absolute Gasteiger partial charge is 0.489 e. The van der Waals surface area contributed by atoms with Gasteiger partial charge in [-0.2, -0.15) is 0 Å². The average Bonchev–Trinajstić information content (AvgIpc) is 2.99. The van der Waals surface area contributed by atoms with Crippen molar-refractivity contribution in [1.82, 2.24) is 0 Å². The van der Waals surface area contributed by atoms with Crippen LogP contribution in [-0.2, 0) is 5.41 Å². The first-order chi connectivity index (χ1) is 20.3. The van der Waals surface area contributed by atoms with Crippen LogP contribution in [-0.4, -0.2) is 36.6 Å². The van der Waals surface area contributed by atoms with Gasteiger partial charge in [0.1, 0.15) is 24.7 Å². The van der Waals surface area contributed by atoms with E-state index < -0.39 is 5.41 Å². The molecule has 8 heteroatoms. The first-order valence-electron chi connectivity index (χ1n) is 13.3. The van der Waals surface area contributed by atoms with E-state index in [0.29, 0.717) is 11.5 Å². The highest BCUT2D eigenvalue weighted by atomic mass is 79.9. The molecule has 4 nitrogen and oxygen atoms in total. The predicted molar refractivity (Wildman–Crippen MR) is 184 cm³/mol. The zero-order valence-electron chi connectivity index (χ0n) is 22.7. The Morgan fingerprint density at radius 1 is 0.595 bits per heavy atom. The second kappa shape index (κ2) is 13.6. The predicted octanol–water partition coefficient (Wildman–Crippen LogP) is 9.65. The van der Waals surface area contributed by atoms with Crippen molar-refractivity contribution in [2.75, 3.05) is 26.4 Å². The highest BCUT2D eigenvalue weighted by Gasteiger charge is 2.34. The molecular formula is C34H28Br4O4. The molecule has 5 aromatic rings. The number of fused-ring (bicyclic) bond motifs is 1. The van der Waals surface area contributed by atoms with E-state index in [2.05, 4.69) is 162 Å². The summed E-state index contributed by atoms with van der Waals surface area (Å²) in [5, 5.41) is 21.0. The molecule has 42 heavy (non-hydrogen) atoms. The summed E-state index contributed by atoms with van der Waals surface area (Å²) in [6.45, 7) is 2.43. The van der Waals surface area contributed by atoms with Gasteiger partial charge in [-0.1, -0.05) is 66.7 Å². The Kier molecular flexibility index (Phi) is 10.1. The zero-order valence-corrected chi connectivity index (χ0v) is 29.1. The van der Waals surface area contributed by atoms with E-state index in [4.69, 9.17) is 9.47 Å². The minimum atomic E-state index is -0.599. The van der Waals surface area contributed by atoms with Gasteiger partial charge >= 0.3 is 0 Å². The Morgan fingerprint density at radius 2 is 1.07 bits per heavy atom. The van der Waals surface area contributed by atoms with Crippen LogP contribution in [0.5, 0.6) is 11.5 Å². The summed E-state index contributed by atoms with van der Waals surface area (Å²) < 4.78 is 14.7. The van der Waals surface area contributed by atoms with E-state index in [1.54, 1.807) is 0 Å². The van der Waals surface area contributed by atoms with Crippen LogP contribution < -0.4 is 9.47 Å². The number of benzene rings is 5. The van der Waals surface area contributed by atoms with E-state index in [0.717, 1.165) is 40.1 Å². The number of aliphatic hydroxyl groups excluding tert-OH is 2. The maximum Gasteiger partial charge on any atom is 0.147 e. The smallest absolute Gasteiger partial charge is 0.147 e. The SMILES string of the molecule is CC(c1ccc(-c2cccc3ccccc23)cc1)(c1cc(Br)c(OCCO)c(Br)c1)c1cc(Br)c(OCCO)c(Br)c1. The van der Waals surface area contributed by atoms with Gasteiger partial charge in [-0.25, -0.2) is 0 Å². The van der Waals surface area contributed by atoms with Gasteiger partial charge < -0.3 is 19.7 Å². The lowest BCUT2D eigenvalue weighted by Gasteiger charge is -2.33. The Hall–Kier alpha value is -2.20. The minimum absolute atomic E-state index is 0.0752. The van der Waals surface area contributed by atoms with Crippen molar-refractivity contribution in [2.45, 2.75) is 12.3 Å². The number of hydrogen-bond donors (Lipinski definition) is 2. The number of hydrogen-bond acceptors (Lipinski definition) is 4. The monoisotopic (exact) mass is 816 g/mol. The summed E-state index contributed by atoms with van der Waals surface area (Å²) >= 11 is 14.8. The molecule has 0 saturated carbocycles. The van der Waals surface area contributed by atoms with Gasteiger partial charge in [-0.15, -0.1) is 0 Å². The molecule has 0 aromatic heterocycles. The molecule has 0 aliphatic carbocycles. The molecule has 0 fully saturated rings. The summed E-state index contributed by atoms with van der Waals surface area (Å²) in [6.07, 6.45) is 0. The summed E-state index contributed by atoms with van der Waals surface area (Å²) in [5.41, 5.74) is 4.88. The fourth-order valence-corrected chi connectivity index (χ4v) is 8.06. The lowest BCUT2D eigenvalue weighted by atomic mass is 9.71. The number of halogens is 4. The third-order valence-electron chi connectivity index (χ3n) is 7.39. The summed E-state index contributed by atoms with van der Waals surface area (Å²) in [4.78, 5) is 0. The van der Waals surface area contributed by atoms with Gasteiger partial charge in [0.15, 0.2) is 0 Å². The Labute approximate surface area is 279 Å². The molecule has 2 N–H and O–H groups in total. The molecule has 5 aromatic carbocycles. The molecule has 0 spiro atoms. The van der Waals surface area contributed by atoms with Crippen molar-refractivity contribution < 1.29 is 19.7 Å². The molecular weight excluding hydrogens is 792 g/mol. The topological polar surface area (TPSA) is 58.9 Å². The average molecular weight is 820 g/mol. The normalized spacial score (nSPS) is 11.6. The standard InChI is InChI=1S/C34H28Br4O4/c1-34(24-17-28(35)32(29(36)18-24)41-15-13-39,25-19-30(37)33(31(38)20-25)42-16-14-40)23-11-9-22(10-12-23)27-8-4-6-21-5-2-3-7-26(21)27/h2-12,17-20,39-40H,13-16H2,1H3. The van der Waals surface area contributed by atoms with E-state index in [-0.39, 0.29) is 26.4 Å². The fraction of sp³-hybridized carbons (Fsp3) is 0.176. The molecule has 0 bridgehead atoms. The van der Waals surface area contributed by atoms with E-state index in [1.807, 2.05) is 0 Å². The van der Waals surface area contributed by atoms with Gasteiger partial charge in [0, 0.05) is 5.41 Å². The van der Waals surface area contributed by atoms with Crippen LogP contribution in [0.3, 0.4) is 0 Å². The molecule has 0 amide bonds. The van der Waals surface area contributed by atoms with Crippen LogP contribution in [0.4, 0.5) is 0 Å².